The molecule has 0 atom stereocenters. The minimum Gasteiger partial charge on any atom is -0.315 e. The van der Waals surface area contributed by atoms with E-state index in [1.54, 1.807) is 6.07 Å². The fourth-order valence-electron chi connectivity index (χ4n) is 2.77. The van der Waals surface area contributed by atoms with E-state index in [0.717, 1.165) is 23.1 Å². The number of halogens is 3. The van der Waals surface area contributed by atoms with Crippen molar-refractivity contribution in [2.24, 2.45) is 0 Å². The molecule has 20 heavy (non-hydrogen) atoms. The predicted octanol–water partition coefficient (Wildman–Crippen LogP) is 3.81. The van der Waals surface area contributed by atoms with E-state index in [9.17, 15) is 8.78 Å². The van der Waals surface area contributed by atoms with E-state index < -0.39 is 11.6 Å². The fourth-order valence-corrected chi connectivity index (χ4v) is 3.47. The third-order valence-corrected chi connectivity index (χ3v) is 4.59. The maximum atomic E-state index is 13.4. The molecular formula is C16H14BrF2N. The van der Waals surface area contributed by atoms with Crippen molar-refractivity contribution in [1.29, 1.82) is 0 Å². The molecule has 1 fully saturated rings. The Bertz CT molecular complexity index is 638. The Morgan fingerprint density at radius 2 is 1.80 bits per heavy atom. The second-order valence-corrected chi connectivity index (χ2v) is 6.14. The van der Waals surface area contributed by atoms with Gasteiger partial charge >= 0.3 is 0 Å². The van der Waals surface area contributed by atoms with Crippen LogP contribution in [0.15, 0.2) is 46.9 Å². The molecule has 1 aliphatic heterocycles. The van der Waals surface area contributed by atoms with Crippen LogP contribution in [-0.4, -0.2) is 13.1 Å². The monoisotopic (exact) mass is 337 g/mol. The Hall–Kier alpha value is -1.26. The Labute approximate surface area is 125 Å². The van der Waals surface area contributed by atoms with Crippen molar-refractivity contribution in [3.63, 3.8) is 0 Å². The van der Waals surface area contributed by atoms with E-state index >= 15 is 0 Å². The summed E-state index contributed by atoms with van der Waals surface area (Å²) in [5.74, 6) is -1.58. The maximum absolute atomic E-state index is 13.4. The standard InChI is InChI=1S/C16H14BrF2N/c17-13-4-2-1-3-12(13)16(9-20-10-16)8-11-5-6-14(18)15(19)7-11/h1-7,20H,8-10H2. The molecule has 4 heteroatoms. The van der Waals surface area contributed by atoms with E-state index in [2.05, 4.69) is 27.3 Å². The summed E-state index contributed by atoms with van der Waals surface area (Å²) in [6.45, 7) is 1.68. The van der Waals surface area contributed by atoms with Crippen molar-refractivity contribution in [2.45, 2.75) is 11.8 Å². The minimum absolute atomic E-state index is 0.0512. The molecule has 1 N–H and O–H groups in total. The number of benzene rings is 2. The van der Waals surface area contributed by atoms with Crippen LogP contribution in [0.1, 0.15) is 11.1 Å². The van der Waals surface area contributed by atoms with Gasteiger partial charge in [-0.15, -0.1) is 0 Å². The Morgan fingerprint density at radius 3 is 2.40 bits per heavy atom. The van der Waals surface area contributed by atoms with Gasteiger partial charge in [-0.1, -0.05) is 40.2 Å². The summed E-state index contributed by atoms with van der Waals surface area (Å²) in [4.78, 5) is 0. The topological polar surface area (TPSA) is 12.0 Å². The first-order valence-electron chi connectivity index (χ1n) is 6.50. The molecular weight excluding hydrogens is 324 g/mol. The molecule has 1 nitrogen and oxygen atoms in total. The van der Waals surface area contributed by atoms with Gasteiger partial charge in [0.25, 0.3) is 0 Å². The first-order valence-corrected chi connectivity index (χ1v) is 7.30. The molecule has 1 saturated heterocycles. The van der Waals surface area contributed by atoms with Crippen LogP contribution in [0.3, 0.4) is 0 Å². The largest absolute Gasteiger partial charge is 0.315 e. The Balaban J connectivity index is 1.94. The number of hydrogen-bond acceptors (Lipinski definition) is 1. The van der Waals surface area contributed by atoms with Gasteiger partial charge < -0.3 is 5.32 Å². The Morgan fingerprint density at radius 1 is 1.05 bits per heavy atom. The smallest absolute Gasteiger partial charge is 0.159 e. The van der Waals surface area contributed by atoms with E-state index in [0.29, 0.717) is 6.42 Å². The van der Waals surface area contributed by atoms with Crippen LogP contribution in [0.5, 0.6) is 0 Å². The molecule has 0 spiro atoms. The molecule has 0 aromatic heterocycles. The van der Waals surface area contributed by atoms with Crippen LogP contribution in [0.4, 0.5) is 8.78 Å². The fraction of sp³-hybridized carbons (Fsp3) is 0.250. The molecule has 0 aliphatic carbocycles. The second kappa shape index (κ2) is 5.26. The lowest BCUT2D eigenvalue weighted by Crippen LogP contribution is -2.58. The highest BCUT2D eigenvalue weighted by Crippen LogP contribution is 2.36. The highest BCUT2D eigenvalue weighted by Gasteiger charge is 2.39. The molecule has 2 aromatic rings. The first kappa shape index (κ1) is 13.7. The second-order valence-electron chi connectivity index (χ2n) is 5.29. The summed E-state index contributed by atoms with van der Waals surface area (Å²) in [5, 5.41) is 3.29. The van der Waals surface area contributed by atoms with E-state index in [-0.39, 0.29) is 5.41 Å². The van der Waals surface area contributed by atoms with Gasteiger partial charge in [0.2, 0.25) is 0 Å². The van der Waals surface area contributed by atoms with Crippen molar-refractivity contribution in [1.82, 2.24) is 5.32 Å². The summed E-state index contributed by atoms with van der Waals surface area (Å²) in [7, 11) is 0. The van der Waals surface area contributed by atoms with Gasteiger partial charge in [0.05, 0.1) is 0 Å². The van der Waals surface area contributed by atoms with Crippen LogP contribution in [0.2, 0.25) is 0 Å². The molecule has 0 bridgehead atoms. The van der Waals surface area contributed by atoms with Gasteiger partial charge in [0.1, 0.15) is 0 Å². The molecule has 3 rings (SSSR count). The van der Waals surface area contributed by atoms with Crippen LogP contribution in [0, 0.1) is 11.6 Å². The Kier molecular flexibility index (Phi) is 3.61. The van der Waals surface area contributed by atoms with Gasteiger partial charge in [-0.3, -0.25) is 0 Å². The van der Waals surface area contributed by atoms with E-state index in [4.69, 9.17) is 0 Å². The number of hydrogen-bond donors (Lipinski definition) is 1. The maximum Gasteiger partial charge on any atom is 0.159 e. The molecule has 104 valence electrons. The van der Waals surface area contributed by atoms with Gasteiger partial charge in [0.15, 0.2) is 11.6 Å². The van der Waals surface area contributed by atoms with Crippen molar-refractivity contribution >= 4 is 15.9 Å². The molecule has 0 radical (unpaired) electrons. The lowest BCUT2D eigenvalue weighted by molar-refractivity contribution is 0.273. The molecule has 1 aliphatic rings. The summed E-state index contributed by atoms with van der Waals surface area (Å²) in [6, 6.07) is 12.2. The van der Waals surface area contributed by atoms with Crippen LogP contribution in [0.25, 0.3) is 0 Å². The van der Waals surface area contributed by atoms with Crippen molar-refractivity contribution in [3.05, 3.63) is 69.7 Å². The summed E-state index contributed by atoms with van der Waals surface area (Å²) < 4.78 is 27.4. The van der Waals surface area contributed by atoms with Crippen molar-refractivity contribution in [2.75, 3.05) is 13.1 Å². The van der Waals surface area contributed by atoms with Gasteiger partial charge in [0, 0.05) is 23.0 Å². The highest BCUT2D eigenvalue weighted by molar-refractivity contribution is 9.10. The minimum atomic E-state index is -0.796. The van der Waals surface area contributed by atoms with Crippen molar-refractivity contribution < 1.29 is 8.78 Å². The van der Waals surface area contributed by atoms with Crippen LogP contribution in [-0.2, 0) is 11.8 Å². The van der Waals surface area contributed by atoms with Gasteiger partial charge in [-0.2, -0.15) is 0 Å². The zero-order valence-electron chi connectivity index (χ0n) is 10.8. The summed E-state index contributed by atoms with van der Waals surface area (Å²) in [6.07, 6.45) is 0.694. The summed E-state index contributed by atoms with van der Waals surface area (Å²) in [5.41, 5.74) is 1.98. The van der Waals surface area contributed by atoms with Crippen LogP contribution >= 0.6 is 15.9 Å². The summed E-state index contributed by atoms with van der Waals surface area (Å²) >= 11 is 3.58. The lowest BCUT2D eigenvalue weighted by Gasteiger charge is -2.44. The molecule has 1 heterocycles. The normalized spacial score (nSPS) is 16.8. The average Bonchev–Trinajstić information content (AvgIpc) is 2.39. The SMILES string of the molecule is Fc1ccc(CC2(c3ccccc3Br)CNC2)cc1F. The predicted molar refractivity (Wildman–Crippen MR) is 78.8 cm³/mol. The van der Waals surface area contributed by atoms with E-state index in [1.165, 1.54) is 17.7 Å². The third-order valence-electron chi connectivity index (χ3n) is 3.90. The van der Waals surface area contributed by atoms with Crippen LogP contribution < -0.4 is 5.32 Å². The number of nitrogens with one attached hydrogen (secondary N) is 1. The molecule has 0 unspecified atom stereocenters. The molecule has 0 amide bonds. The number of rotatable bonds is 3. The third kappa shape index (κ3) is 2.38. The zero-order valence-corrected chi connectivity index (χ0v) is 12.4. The first-order chi connectivity index (χ1) is 9.61. The lowest BCUT2D eigenvalue weighted by atomic mass is 9.71. The van der Waals surface area contributed by atoms with Gasteiger partial charge in [-0.25, -0.2) is 8.78 Å². The van der Waals surface area contributed by atoms with Gasteiger partial charge in [-0.05, 0) is 35.7 Å². The molecule has 0 saturated carbocycles. The van der Waals surface area contributed by atoms with E-state index in [1.807, 2.05) is 18.2 Å². The quantitative estimate of drug-likeness (QED) is 0.897. The zero-order chi connectivity index (χ0) is 14.2. The van der Waals surface area contributed by atoms with Crippen molar-refractivity contribution in [3.8, 4) is 0 Å². The highest BCUT2D eigenvalue weighted by atomic mass is 79.9. The molecule has 2 aromatic carbocycles. The average molecular weight is 338 g/mol.